The van der Waals surface area contributed by atoms with Crippen molar-refractivity contribution in [3.05, 3.63) is 42.7 Å². The molecule has 0 fully saturated rings. The number of esters is 1. The molecule has 1 aromatic heterocycles. The lowest BCUT2D eigenvalue weighted by molar-refractivity contribution is -0.143. The summed E-state index contributed by atoms with van der Waals surface area (Å²) < 4.78 is 7.33. The Labute approximate surface area is 119 Å². The number of fused-ring (bicyclic) bond motifs is 1. The average Bonchev–Trinajstić information content (AvgIpc) is 2.77. The van der Waals surface area contributed by atoms with Gasteiger partial charge in [0, 0.05) is 13.0 Å². The van der Waals surface area contributed by atoms with Crippen molar-refractivity contribution < 1.29 is 9.53 Å². The first kappa shape index (κ1) is 14.3. The fourth-order valence-electron chi connectivity index (χ4n) is 2.18. The van der Waals surface area contributed by atoms with Crippen molar-refractivity contribution in [3.63, 3.8) is 0 Å². The standard InChI is InChI=1S/C16H20N2O2/c1-3-4-10-16(19)20-12-7-11-18-13(2)17-14-8-5-6-9-15(14)18/h3,5-6,8-9H,1,4,7,10-12H2,2H3. The third-order valence-corrected chi connectivity index (χ3v) is 3.19. The average molecular weight is 272 g/mol. The molecule has 0 aliphatic rings. The van der Waals surface area contributed by atoms with Crippen LogP contribution in [0.3, 0.4) is 0 Å². The van der Waals surface area contributed by atoms with Crippen molar-refractivity contribution in [3.8, 4) is 0 Å². The zero-order valence-electron chi connectivity index (χ0n) is 11.8. The van der Waals surface area contributed by atoms with Gasteiger partial charge in [0.2, 0.25) is 0 Å². The Morgan fingerprint density at radius 1 is 1.45 bits per heavy atom. The minimum absolute atomic E-state index is 0.155. The van der Waals surface area contributed by atoms with Crippen LogP contribution in [-0.4, -0.2) is 22.1 Å². The van der Waals surface area contributed by atoms with E-state index in [0.29, 0.717) is 19.4 Å². The van der Waals surface area contributed by atoms with E-state index in [1.807, 2.05) is 25.1 Å². The highest BCUT2D eigenvalue weighted by Crippen LogP contribution is 2.15. The van der Waals surface area contributed by atoms with Crippen molar-refractivity contribution in [1.82, 2.24) is 9.55 Å². The first-order chi connectivity index (χ1) is 9.72. The normalized spacial score (nSPS) is 10.7. The summed E-state index contributed by atoms with van der Waals surface area (Å²) in [6, 6.07) is 8.06. The summed E-state index contributed by atoms with van der Waals surface area (Å²) >= 11 is 0. The second kappa shape index (κ2) is 6.89. The summed E-state index contributed by atoms with van der Waals surface area (Å²) in [5.74, 6) is 0.835. The third-order valence-electron chi connectivity index (χ3n) is 3.19. The van der Waals surface area contributed by atoms with Gasteiger partial charge in [0.1, 0.15) is 5.82 Å². The van der Waals surface area contributed by atoms with Crippen LogP contribution in [0.25, 0.3) is 11.0 Å². The molecule has 0 saturated carbocycles. The van der Waals surface area contributed by atoms with E-state index in [9.17, 15) is 4.79 Å². The lowest BCUT2D eigenvalue weighted by Gasteiger charge is -2.07. The molecule has 0 radical (unpaired) electrons. The summed E-state index contributed by atoms with van der Waals surface area (Å²) in [4.78, 5) is 15.9. The molecule has 1 aromatic carbocycles. The zero-order valence-corrected chi connectivity index (χ0v) is 11.8. The van der Waals surface area contributed by atoms with E-state index in [0.717, 1.165) is 29.8 Å². The largest absolute Gasteiger partial charge is 0.466 e. The molecular formula is C16H20N2O2. The van der Waals surface area contributed by atoms with Gasteiger partial charge in [-0.3, -0.25) is 4.79 Å². The first-order valence-corrected chi connectivity index (χ1v) is 6.90. The van der Waals surface area contributed by atoms with Gasteiger partial charge in [-0.15, -0.1) is 6.58 Å². The van der Waals surface area contributed by atoms with Crippen molar-refractivity contribution in [2.24, 2.45) is 0 Å². The number of para-hydroxylation sites is 2. The van der Waals surface area contributed by atoms with E-state index in [1.165, 1.54) is 0 Å². The number of allylic oxidation sites excluding steroid dienone is 1. The van der Waals surface area contributed by atoms with Crippen LogP contribution in [0.4, 0.5) is 0 Å². The molecule has 4 nitrogen and oxygen atoms in total. The van der Waals surface area contributed by atoms with Crippen LogP contribution in [0, 0.1) is 6.92 Å². The fraction of sp³-hybridized carbons (Fsp3) is 0.375. The van der Waals surface area contributed by atoms with Crippen LogP contribution in [0.2, 0.25) is 0 Å². The highest BCUT2D eigenvalue weighted by atomic mass is 16.5. The van der Waals surface area contributed by atoms with E-state index in [4.69, 9.17) is 4.74 Å². The van der Waals surface area contributed by atoms with Gasteiger partial charge in [0.25, 0.3) is 0 Å². The Morgan fingerprint density at radius 2 is 2.25 bits per heavy atom. The number of rotatable bonds is 7. The quantitative estimate of drug-likeness (QED) is 0.441. The van der Waals surface area contributed by atoms with E-state index in [1.54, 1.807) is 6.08 Å². The highest BCUT2D eigenvalue weighted by Gasteiger charge is 2.06. The molecule has 1 heterocycles. The monoisotopic (exact) mass is 272 g/mol. The molecule has 0 unspecified atom stereocenters. The zero-order chi connectivity index (χ0) is 14.4. The van der Waals surface area contributed by atoms with Gasteiger partial charge in [0.15, 0.2) is 0 Å². The molecule has 0 bridgehead atoms. The Morgan fingerprint density at radius 3 is 3.05 bits per heavy atom. The van der Waals surface area contributed by atoms with Crippen molar-refractivity contribution in [2.75, 3.05) is 6.61 Å². The minimum Gasteiger partial charge on any atom is -0.466 e. The number of carbonyl (C=O) groups excluding carboxylic acids is 1. The SMILES string of the molecule is C=CCCC(=O)OCCCn1c(C)nc2ccccc21. The van der Waals surface area contributed by atoms with Crippen LogP contribution >= 0.6 is 0 Å². The molecule has 20 heavy (non-hydrogen) atoms. The maximum Gasteiger partial charge on any atom is 0.306 e. The Bertz CT molecular complexity index is 602. The number of ether oxygens (including phenoxy) is 1. The number of benzene rings is 1. The fourth-order valence-corrected chi connectivity index (χ4v) is 2.18. The van der Waals surface area contributed by atoms with Gasteiger partial charge in [-0.25, -0.2) is 4.98 Å². The topological polar surface area (TPSA) is 44.1 Å². The van der Waals surface area contributed by atoms with Crippen LogP contribution in [-0.2, 0) is 16.1 Å². The molecule has 0 saturated heterocycles. The highest BCUT2D eigenvalue weighted by molar-refractivity contribution is 5.75. The molecule has 106 valence electrons. The second-order valence-corrected chi connectivity index (χ2v) is 4.70. The number of hydrogen-bond acceptors (Lipinski definition) is 3. The maximum atomic E-state index is 11.4. The lowest BCUT2D eigenvalue weighted by Crippen LogP contribution is -2.08. The molecule has 0 aliphatic carbocycles. The van der Waals surface area contributed by atoms with Gasteiger partial charge in [0.05, 0.1) is 17.6 Å². The van der Waals surface area contributed by atoms with Crippen LogP contribution in [0.1, 0.15) is 25.1 Å². The summed E-state index contributed by atoms with van der Waals surface area (Å²) in [6.07, 6.45) is 3.60. The number of aryl methyl sites for hydroxylation is 2. The van der Waals surface area contributed by atoms with Gasteiger partial charge in [-0.2, -0.15) is 0 Å². The molecule has 2 rings (SSSR count). The summed E-state index contributed by atoms with van der Waals surface area (Å²) in [5, 5.41) is 0. The molecule has 0 N–H and O–H groups in total. The minimum atomic E-state index is -0.155. The van der Waals surface area contributed by atoms with Crippen LogP contribution in [0.5, 0.6) is 0 Å². The molecular weight excluding hydrogens is 252 g/mol. The smallest absolute Gasteiger partial charge is 0.306 e. The Hall–Kier alpha value is -2.10. The van der Waals surface area contributed by atoms with E-state index >= 15 is 0 Å². The van der Waals surface area contributed by atoms with E-state index in [2.05, 4.69) is 22.2 Å². The predicted octanol–water partition coefficient (Wildman–Crippen LogP) is 3.24. The van der Waals surface area contributed by atoms with E-state index in [-0.39, 0.29) is 5.97 Å². The Kier molecular flexibility index (Phi) is 4.93. The molecule has 0 spiro atoms. The van der Waals surface area contributed by atoms with Crippen molar-refractivity contribution >= 4 is 17.0 Å². The number of nitrogens with zero attached hydrogens (tertiary/aromatic N) is 2. The Balaban J connectivity index is 1.85. The van der Waals surface area contributed by atoms with Crippen LogP contribution < -0.4 is 0 Å². The van der Waals surface area contributed by atoms with Crippen molar-refractivity contribution in [2.45, 2.75) is 32.7 Å². The van der Waals surface area contributed by atoms with Crippen LogP contribution in [0.15, 0.2) is 36.9 Å². The summed E-state index contributed by atoms with van der Waals surface area (Å²) in [6.45, 7) is 6.83. The summed E-state index contributed by atoms with van der Waals surface area (Å²) in [5.41, 5.74) is 2.14. The maximum absolute atomic E-state index is 11.4. The van der Waals surface area contributed by atoms with E-state index < -0.39 is 0 Å². The summed E-state index contributed by atoms with van der Waals surface area (Å²) in [7, 11) is 0. The number of hydrogen-bond donors (Lipinski definition) is 0. The number of imidazole rings is 1. The number of aromatic nitrogens is 2. The second-order valence-electron chi connectivity index (χ2n) is 4.70. The molecule has 0 aliphatic heterocycles. The molecule has 4 heteroatoms. The molecule has 0 atom stereocenters. The predicted molar refractivity (Wildman–Crippen MR) is 79.5 cm³/mol. The molecule has 2 aromatic rings. The van der Waals surface area contributed by atoms with Gasteiger partial charge in [-0.05, 0) is 31.9 Å². The number of carbonyl (C=O) groups is 1. The third kappa shape index (κ3) is 3.47. The first-order valence-electron chi connectivity index (χ1n) is 6.90. The van der Waals surface area contributed by atoms with Gasteiger partial charge >= 0.3 is 5.97 Å². The van der Waals surface area contributed by atoms with Gasteiger partial charge in [-0.1, -0.05) is 18.2 Å². The van der Waals surface area contributed by atoms with Gasteiger partial charge < -0.3 is 9.30 Å². The molecule has 0 amide bonds. The lowest BCUT2D eigenvalue weighted by atomic mass is 10.3. The van der Waals surface area contributed by atoms with Crippen molar-refractivity contribution in [1.29, 1.82) is 0 Å².